The van der Waals surface area contributed by atoms with Crippen LogP contribution in [-0.2, 0) is 0 Å². The van der Waals surface area contributed by atoms with Crippen molar-refractivity contribution in [1.82, 2.24) is 39.7 Å². The summed E-state index contributed by atoms with van der Waals surface area (Å²) in [6.07, 6.45) is 3.39. The number of para-hydroxylation sites is 1. The number of nitrogens with zero attached hydrogens (tertiary/aromatic N) is 8. The Bertz CT molecular complexity index is 975. The molecule has 0 aliphatic heterocycles. The van der Waals surface area contributed by atoms with E-state index in [0.717, 1.165) is 26.2 Å². The average molecular weight is 385 g/mol. The van der Waals surface area contributed by atoms with E-state index in [0.29, 0.717) is 6.04 Å². The van der Waals surface area contributed by atoms with Crippen molar-refractivity contribution in [1.29, 1.82) is 0 Å². The number of hydrogen-bond acceptors (Lipinski definition) is 6. The summed E-state index contributed by atoms with van der Waals surface area (Å²) in [6.45, 7) is 4.20. The molecule has 9 heteroatoms. The molecule has 0 atom stereocenters. The van der Waals surface area contributed by atoms with Crippen molar-refractivity contribution in [3.05, 3.63) is 43.0 Å². The first-order valence-corrected chi connectivity index (χ1v) is 9.14. The van der Waals surface area contributed by atoms with E-state index in [1.807, 2.05) is 41.2 Å². The summed E-state index contributed by atoms with van der Waals surface area (Å²) < 4.78 is 5.43. The molecule has 0 unspecified atom stereocenters. The van der Waals surface area contributed by atoms with E-state index in [-0.39, 0.29) is 15.0 Å². The zero-order valence-electron chi connectivity index (χ0n) is 13.1. The van der Waals surface area contributed by atoms with Crippen molar-refractivity contribution in [2.75, 3.05) is 0 Å². The topological polar surface area (TPSA) is 87.2 Å². The molecule has 8 nitrogen and oxygen atoms in total. The Hall–Kier alpha value is -2.64. The molecule has 0 amide bonds. The van der Waals surface area contributed by atoms with Crippen molar-refractivity contribution >= 4 is 35.4 Å². The number of benzene rings is 1. The summed E-state index contributed by atoms with van der Waals surface area (Å²) in [5.74, 6) is 0. The summed E-state index contributed by atoms with van der Waals surface area (Å²) in [6, 6.07) is 10.1. The van der Waals surface area contributed by atoms with Crippen molar-refractivity contribution in [3.8, 4) is 5.69 Å². The first-order valence-electron chi connectivity index (χ1n) is 7.43. The third-order valence-corrected chi connectivity index (χ3v) is 5.46. The van der Waals surface area contributed by atoms with E-state index >= 15 is 0 Å². The second kappa shape index (κ2) is 6.10. The fraction of sp³-hybridized carbons (Fsp3) is 0.200. The summed E-state index contributed by atoms with van der Waals surface area (Å²) in [7, 11) is 0. The second-order valence-electron chi connectivity index (χ2n) is 5.41. The molecule has 24 heavy (non-hydrogen) atoms. The van der Waals surface area contributed by atoms with E-state index in [2.05, 4.69) is 44.3 Å². The first kappa shape index (κ1) is 14.9. The van der Waals surface area contributed by atoms with E-state index < -0.39 is 0 Å². The number of aromatic nitrogens is 8. The van der Waals surface area contributed by atoms with Gasteiger partial charge in [-0.25, -0.2) is 0 Å². The molecule has 3 heterocycles. The zero-order valence-corrected chi connectivity index (χ0v) is 14.8. The van der Waals surface area contributed by atoms with Crippen LogP contribution in [0.25, 0.3) is 16.9 Å². The van der Waals surface area contributed by atoms with Crippen LogP contribution in [0.1, 0.15) is 19.9 Å². The number of fused-ring (bicyclic) bond motifs is 1. The van der Waals surface area contributed by atoms with Crippen LogP contribution < -0.4 is 9.32 Å². The molecule has 0 N–H and O–H groups in total. The first-order chi connectivity index (χ1) is 11.7. The normalized spacial score (nSPS) is 11.5. The van der Waals surface area contributed by atoms with E-state index in [4.69, 9.17) is 0 Å². The van der Waals surface area contributed by atoms with Gasteiger partial charge in [0, 0.05) is 0 Å². The summed E-state index contributed by atoms with van der Waals surface area (Å²) in [4.78, 5) is 13.3. The molecule has 120 valence electrons. The zero-order chi connectivity index (χ0) is 16.5. The maximum absolute atomic E-state index is 4.50. The summed E-state index contributed by atoms with van der Waals surface area (Å²) in [5.41, 5.74) is 2.59. The molecule has 3 aromatic heterocycles. The standard InChI is InChI=1S/C15H14N8Se/c1-10(2)22-9-18-12-13(22)16-8-17-14(12)24-15-19-20-21-23(15)11-6-4-3-5-7-11/h3-10H,1-2H3. The van der Waals surface area contributed by atoms with E-state index in [1.165, 1.54) is 0 Å². The van der Waals surface area contributed by atoms with Crippen molar-refractivity contribution in [3.63, 3.8) is 0 Å². The molecule has 0 bridgehead atoms. The molecular formula is C15H14N8Se. The molecule has 4 aromatic rings. The maximum atomic E-state index is 4.50. The Morgan fingerprint density at radius 2 is 1.88 bits per heavy atom. The molecule has 0 spiro atoms. The molecule has 4 rings (SSSR count). The van der Waals surface area contributed by atoms with Gasteiger partial charge in [-0.05, 0) is 0 Å². The average Bonchev–Trinajstić information content (AvgIpc) is 3.23. The van der Waals surface area contributed by atoms with Crippen molar-refractivity contribution in [2.24, 2.45) is 0 Å². The van der Waals surface area contributed by atoms with Gasteiger partial charge < -0.3 is 0 Å². The van der Waals surface area contributed by atoms with Gasteiger partial charge in [0.2, 0.25) is 0 Å². The van der Waals surface area contributed by atoms with Crippen LogP contribution in [0.4, 0.5) is 0 Å². The van der Waals surface area contributed by atoms with E-state index in [1.54, 1.807) is 11.0 Å². The fourth-order valence-electron chi connectivity index (χ4n) is 2.34. The molecular weight excluding hydrogens is 371 g/mol. The Labute approximate surface area is 144 Å². The Kier molecular flexibility index (Phi) is 3.79. The van der Waals surface area contributed by atoms with Crippen LogP contribution in [0, 0.1) is 0 Å². The van der Waals surface area contributed by atoms with Crippen LogP contribution >= 0.6 is 0 Å². The van der Waals surface area contributed by atoms with Crippen LogP contribution in [-0.4, -0.2) is 54.7 Å². The van der Waals surface area contributed by atoms with Gasteiger partial charge in [-0.3, -0.25) is 0 Å². The summed E-state index contributed by atoms with van der Waals surface area (Å²) in [5, 5.41) is 12.1. The molecule has 0 aliphatic carbocycles. The Morgan fingerprint density at radius 1 is 1.04 bits per heavy atom. The van der Waals surface area contributed by atoms with Crippen LogP contribution in [0.15, 0.2) is 43.0 Å². The molecule has 0 fully saturated rings. The predicted octanol–water partition coefficient (Wildman–Crippen LogP) is 0.0379. The van der Waals surface area contributed by atoms with Crippen LogP contribution in [0.5, 0.6) is 0 Å². The van der Waals surface area contributed by atoms with Gasteiger partial charge in [0.05, 0.1) is 0 Å². The van der Waals surface area contributed by atoms with Crippen LogP contribution in [0.2, 0.25) is 0 Å². The van der Waals surface area contributed by atoms with Crippen molar-refractivity contribution in [2.45, 2.75) is 19.9 Å². The van der Waals surface area contributed by atoms with Gasteiger partial charge in [-0.2, -0.15) is 0 Å². The minimum absolute atomic E-state index is 0.184. The van der Waals surface area contributed by atoms with Crippen LogP contribution in [0.3, 0.4) is 0 Å². The minimum atomic E-state index is -0.184. The summed E-state index contributed by atoms with van der Waals surface area (Å²) >= 11 is -0.184. The van der Waals surface area contributed by atoms with Gasteiger partial charge in [-0.1, -0.05) is 0 Å². The van der Waals surface area contributed by atoms with Gasteiger partial charge in [0.25, 0.3) is 0 Å². The van der Waals surface area contributed by atoms with Gasteiger partial charge in [0.15, 0.2) is 0 Å². The third-order valence-electron chi connectivity index (χ3n) is 3.51. The van der Waals surface area contributed by atoms with Gasteiger partial charge in [-0.15, -0.1) is 0 Å². The predicted molar refractivity (Wildman–Crippen MR) is 89.9 cm³/mol. The SMILES string of the molecule is CC(C)n1cnc2c([Se]c3nnnn3-c3ccccc3)ncnc21. The monoisotopic (exact) mass is 386 g/mol. The molecule has 0 radical (unpaired) electrons. The fourth-order valence-corrected chi connectivity index (χ4v) is 4.06. The molecule has 0 saturated heterocycles. The quantitative estimate of drug-likeness (QED) is 0.461. The number of imidazole rings is 1. The second-order valence-corrected chi connectivity index (χ2v) is 7.41. The Balaban J connectivity index is 1.75. The molecule has 0 aliphatic rings. The van der Waals surface area contributed by atoms with Gasteiger partial charge >= 0.3 is 144 Å². The Morgan fingerprint density at radius 3 is 2.67 bits per heavy atom. The number of hydrogen-bond donors (Lipinski definition) is 0. The molecule has 1 aromatic carbocycles. The third kappa shape index (κ3) is 2.57. The van der Waals surface area contributed by atoms with Crippen molar-refractivity contribution < 1.29 is 0 Å². The van der Waals surface area contributed by atoms with Gasteiger partial charge in [0.1, 0.15) is 0 Å². The number of tetrazole rings is 1. The van der Waals surface area contributed by atoms with E-state index in [9.17, 15) is 0 Å². The molecule has 0 saturated carbocycles. The number of rotatable bonds is 4.